The monoisotopic (exact) mass is 336 g/mol. The Balaban J connectivity index is 2.15. The Labute approximate surface area is 140 Å². The maximum atomic E-state index is 12.4. The third-order valence-corrected chi connectivity index (χ3v) is 4.04. The molecule has 1 aromatic heterocycles. The predicted octanol–water partition coefficient (Wildman–Crippen LogP) is 3.44. The highest BCUT2D eigenvalue weighted by Crippen LogP contribution is 2.30. The van der Waals surface area contributed by atoms with E-state index in [1.54, 1.807) is 19.1 Å². The number of nitrogens with one attached hydrogen (secondary N) is 1. The molecule has 2 aromatic rings. The molecule has 124 valence electrons. The van der Waals surface area contributed by atoms with E-state index in [1.165, 1.54) is 0 Å². The molecule has 0 radical (unpaired) electrons. The first-order chi connectivity index (χ1) is 10.9. The van der Waals surface area contributed by atoms with Gasteiger partial charge < -0.3 is 14.9 Å². The summed E-state index contributed by atoms with van der Waals surface area (Å²) in [5.41, 5.74) is 1.45. The number of nitrogens with zero attached hydrogens (tertiary/aromatic N) is 1. The van der Waals surface area contributed by atoms with E-state index >= 15 is 0 Å². The summed E-state index contributed by atoms with van der Waals surface area (Å²) in [6.45, 7) is 5.94. The molecule has 23 heavy (non-hydrogen) atoms. The minimum atomic E-state index is -0.443. The molecule has 0 bridgehead atoms. The zero-order chi connectivity index (χ0) is 17.0. The van der Waals surface area contributed by atoms with Crippen LogP contribution in [0.3, 0.4) is 0 Å². The number of aliphatic hydroxyl groups excluding tert-OH is 1. The molecule has 1 aromatic carbocycles. The first kappa shape index (κ1) is 17.5. The van der Waals surface area contributed by atoms with Crippen LogP contribution < -0.4 is 5.32 Å². The molecule has 0 spiro atoms. The van der Waals surface area contributed by atoms with Crippen molar-refractivity contribution in [3.63, 3.8) is 0 Å². The molecule has 0 aliphatic rings. The normalized spacial score (nSPS) is 12.4. The van der Waals surface area contributed by atoms with Gasteiger partial charge in [0.2, 0.25) is 0 Å². The van der Waals surface area contributed by atoms with Crippen LogP contribution in [0.2, 0.25) is 5.02 Å². The fourth-order valence-electron chi connectivity index (χ4n) is 2.23. The van der Waals surface area contributed by atoms with E-state index in [4.69, 9.17) is 16.1 Å². The molecular formula is C17H21ClN2O3. The van der Waals surface area contributed by atoms with Gasteiger partial charge in [-0.2, -0.15) is 0 Å². The maximum Gasteiger partial charge on any atom is 0.257 e. The highest BCUT2D eigenvalue weighted by atomic mass is 35.5. The molecule has 5 nitrogen and oxygen atoms in total. The standard InChI is InChI=1S/C17H21ClN2O3/c1-10(2)14(21)8-9-19-17(22)15-11(3)23-20-16(15)12-6-4-5-7-13(12)18/h4-7,10,14,21H,8-9H2,1-3H3,(H,19,22). The van der Waals surface area contributed by atoms with Gasteiger partial charge in [-0.1, -0.05) is 48.8 Å². The predicted molar refractivity (Wildman–Crippen MR) is 89.5 cm³/mol. The Hall–Kier alpha value is -1.85. The third kappa shape index (κ3) is 4.12. The summed E-state index contributed by atoms with van der Waals surface area (Å²) in [7, 11) is 0. The number of aryl methyl sites for hydroxylation is 1. The van der Waals surface area contributed by atoms with Crippen LogP contribution in [0.5, 0.6) is 0 Å². The summed E-state index contributed by atoms with van der Waals surface area (Å²) in [6, 6.07) is 7.16. The van der Waals surface area contributed by atoms with Crippen molar-refractivity contribution in [2.45, 2.75) is 33.3 Å². The summed E-state index contributed by atoms with van der Waals surface area (Å²) in [5.74, 6) is 0.305. The molecule has 1 atom stereocenters. The van der Waals surface area contributed by atoms with Crippen molar-refractivity contribution in [3.8, 4) is 11.3 Å². The molecule has 6 heteroatoms. The van der Waals surface area contributed by atoms with Gasteiger partial charge in [0.15, 0.2) is 0 Å². The minimum absolute atomic E-state index is 0.155. The maximum absolute atomic E-state index is 12.4. The van der Waals surface area contributed by atoms with Crippen LogP contribution in [0.15, 0.2) is 28.8 Å². The Bertz CT molecular complexity index is 682. The lowest BCUT2D eigenvalue weighted by molar-refractivity contribution is 0.0919. The van der Waals surface area contributed by atoms with Crippen LogP contribution in [0.4, 0.5) is 0 Å². The second-order valence-corrected chi connectivity index (χ2v) is 6.21. The van der Waals surface area contributed by atoms with Crippen LogP contribution in [-0.2, 0) is 0 Å². The lowest BCUT2D eigenvalue weighted by Gasteiger charge is -2.14. The van der Waals surface area contributed by atoms with Crippen LogP contribution in [0.25, 0.3) is 11.3 Å². The summed E-state index contributed by atoms with van der Waals surface area (Å²) in [6.07, 6.45) is 0.0525. The first-order valence-corrected chi connectivity index (χ1v) is 7.97. The quantitative estimate of drug-likeness (QED) is 0.847. The van der Waals surface area contributed by atoms with E-state index < -0.39 is 6.10 Å². The summed E-state index contributed by atoms with van der Waals surface area (Å²) in [4.78, 5) is 12.4. The van der Waals surface area contributed by atoms with E-state index in [1.807, 2.05) is 26.0 Å². The molecule has 0 saturated carbocycles. The molecule has 0 fully saturated rings. The van der Waals surface area contributed by atoms with Gasteiger partial charge in [-0.3, -0.25) is 4.79 Å². The lowest BCUT2D eigenvalue weighted by atomic mass is 10.0. The van der Waals surface area contributed by atoms with Crippen molar-refractivity contribution < 1.29 is 14.4 Å². The van der Waals surface area contributed by atoms with Gasteiger partial charge in [-0.15, -0.1) is 0 Å². The number of amides is 1. The molecule has 0 aliphatic heterocycles. The van der Waals surface area contributed by atoms with E-state index in [9.17, 15) is 9.90 Å². The summed E-state index contributed by atoms with van der Waals surface area (Å²) in [5, 5.41) is 17.1. The Morgan fingerprint density at radius 3 is 2.74 bits per heavy atom. The minimum Gasteiger partial charge on any atom is -0.393 e. The van der Waals surface area contributed by atoms with Crippen molar-refractivity contribution >= 4 is 17.5 Å². The Morgan fingerprint density at radius 1 is 1.39 bits per heavy atom. The van der Waals surface area contributed by atoms with E-state index in [2.05, 4.69) is 10.5 Å². The molecular weight excluding hydrogens is 316 g/mol. The fourth-order valence-corrected chi connectivity index (χ4v) is 2.46. The highest BCUT2D eigenvalue weighted by molar-refractivity contribution is 6.33. The smallest absolute Gasteiger partial charge is 0.257 e. The topological polar surface area (TPSA) is 75.4 Å². The molecule has 0 aliphatic carbocycles. The van der Waals surface area contributed by atoms with Gasteiger partial charge in [-0.25, -0.2) is 0 Å². The van der Waals surface area contributed by atoms with Crippen molar-refractivity contribution in [3.05, 3.63) is 40.6 Å². The van der Waals surface area contributed by atoms with Gasteiger partial charge in [0.25, 0.3) is 5.91 Å². The molecule has 2 N–H and O–H groups in total. The summed E-state index contributed by atoms with van der Waals surface area (Å²) < 4.78 is 5.17. The molecule has 1 heterocycles. The van der Waals surface area contributed by atoms with Crippen molar-refractivity contribution in [2.75, 3.05) is 6.54 Å². The van der Waals surface area contributed by atoms with Crippen LogP contribution in [-0.4, -0.2) is 28.8 Å². The van der Waals surface area contributed by atoms with Gasteiger partial charge in [0.05, 0.1) is 11.1 Å². The lowest BCUT2D eigenvalue weighted by Crippen LogP contribution is -2.29. The number of carbonyl (C=O) groups excluding carboxylic acids is 1. The zero-order valence-electron chi connectivity index (χ0n) is 13.5. The SMILES string of the molecule is Cc1onc(-c2ccccc2Cl)c1C(=O)NCCC(O)C(C)C. The van der Waals surface area contributed by atoms with Crippen molar-refractivity contribution in [1.29, 1.82) is 0 Å². The number of hydrogen-bond donors (Lipinski definition) is 2. The largest absolute Gasteiger partial charge is 0.393 e. The number of carbonyl (C=O) groups is 1. The molecule has 0 saturated heterocycles. The zero-order valence-corrected chi connectivity index (χ0v) is 14.2. The van der Waals surface area contributed by atoms with Crippen LogP contribution in [0.1, 0.15) is 36.4 Å². The molecule has 1 unspecified atom stereocenters. The van der Waals surface area contributed by atoms with Crippen molar-refractivity contribution in [2.24, 2.45) is 5.92 Å². The van der Waals surface area contributed by atoms with Crippen LogP contribution in [0, 0.1) is 12.8 Å². The number of rotatable bonds is 6. The van der Waals surface area contributed by atoms with Gasteiger partial charge >= 0.3 is 0 Å². The van der Waals surface area contributed by atoms with Gasteiger partial charge in [-0.05, 0) is 25.3 Å². The van der Waals surface area contributed by atoms with Crippen molar-refractivity contribution in [1.82, 2.24) is 10.5 Å². The molecule has 1 amide bonds. The van der Waals surface area contributed by atoms with Gasteiger partial charge in [0, 0.05) is 12.1 Å². The van der Waals surface area contributed by atoms with E-state index in [0.29, 0.717) is 40.6 Å². The number of aliphatic hydroxyl groups is 1. The average Bonchev–Trinajstić information content (AvgIpc) is 2.89. The number of aromatic nitrogens is 1. The Kier molecular flexibility index (Phi) is 5.80. The second kappa shape index (κ2) is 7.62. The number of hydrogen-bond acceptors (Lipinski definition) is 4. The Morgan fingerprint density at radius 2 is 2.09 bits per heavy atom. The number of benzene rings is 1. The third-order valence-electron chi connectivity index (χ3n) is 3.71. The summed E-state index contributed by atoms with van der Waals surface area (Å²) >= 11 is 6.18. The first-order valence-electron chi connectivity index (χ1n) is 7.59. The highest BCUT2D eigenvalue weighted by Gasteiger charge is 2.23. The van der Waals surface area contributed by atoms with E-state index in [-0.39, 0.29) is 11.8 Å². The molecule has 2 rings (SSSR count). The number of halogens is 1. The van der Waals surface area contributed by atoms with Crippen LogP contribution >= 0.6 is 11.6 Å². The van der Waals surface area contributed by atoms with Gasteiger partial charge in [0.1, 0.15) is 17.0 Å². The van der Waals surface area contributed by atoms with E-state index in [0.717, 1.165) is 0 Å². The fraction of sp³-hybridized carbons (Fsp3) is 0.412. The average molecular weight is 337 g/mol. The second-order valence-electron chi connectivity index (χ2n) is 5.80.